The van der Waals surface area contributed by atoms with Crippen molar-refractivity contribution >= 4 is 10.8 Å². The van der Waals surface area contributed by atoms with E-state index in [1.807, 2.05) is 0 Å². The standard InChI is InChI=1S/C32H44F2/c1-2-3-4-5-6-22-7-9-23(10-8-22)24-11-12-26-20-27(14-13-25(26)19-24)28-15-17-30-29(21-28)16-18-31(33)32(30)34/h15-18,21-27H,2-14,19-20H2,1H3. The number of hydrogen-bond donors (Lipinski definition) is 0. The summed E-state index contributed by atoms with van der Waals surface area (Å²) in [4.78, 5) is 0. The van der Waals surface area contributed by atoms with Crippen LogP contribution >= 0.6 is 0 Å². The Morgan fingerprint density at radius 2 is 1.41 bits per heavy atom. The molecule has 0 aromatic heterocycles. The van der Waals surface area contributed by atoms with Crippen LogP contribution in [0.2, 0.25) is 0 Å². The van der Waals surface area contributed by atoms with Crippen LogP contribution in [0, 0.1) is 41.2 Å². The fourth-order valence-electron chi connectivity index (χ4n) is 8.00. The molecule has 4 unspecified atom stereocenters. The molecule has 0 nitrogen and oxygen atoms in total. The summed E-state index contributed by atoms with van der Waals surface area (Å²) in [5, 5.41) is 1.25. The topological polar surface area (TPSA) is 0 Å². The predicted molar refractivity (Wildman–Crippen MR) is 139 cm³/mol. The second-order valence-electron chi connectivity index (χ2n) is 12.1. The van der Waals surface area contributed by atoms with Crippen LogP contribution < -0.4 is 0 Å². The molecule has 0 amide bonds. The Morgan fingerprint density at radius 3 is 2.21 bits per heavy atom. The van der Waals surface area contributed by atoms with Crippen molar-refractivity contribution in [2.45, 2.75) is 109 Å². The first-order chi connectivity index (χ1) is 16.6. The molecule has 3 aliphatic rings. The third-order valence-electron chi connectivity index (χ3n) is 10.1. The van der Waals surface area contributed by atoms with Gasteiger partial charge < -0.3 is 0 Å². The lowest BCUT2D eigenvalue weighted by Gasteiger charge is -2.45. The molecular formula is C32H44F2. The Hall–Kier alpha value is -1.44. The summed E-state index contributed by atoms with van der Waals surface area (Å²) in [6.45, 7) is 2.31. The van der Waals surface area contributed by atoms with Crippen molar-refractivity contribution in [2.75, 3.05) is 0 Å². The molecule has 0 saturated heterocycles. The molecule has 2 heteroatoms. The molecule has 3 aliphatic carbocycles. The Balaban J connectivity index is 1.12. The molecule has 0 spiro atoms. The van der Waals surface area contributed by atoms with E-state index < -0.39 is 11.6 Å². The van der Waals surface area contributed by atoms with Crippen LogP contribution in [-0.2, 0) is 0 Å². The highest BCUT2D eigenvalue weighted by molar-refractivity contribution is 5.84. The molecule has 0 bridgehead atoms. The molecule has 3 saturated carbocycles. The molecule has 2 aromatic carbocycles. The van der Waals surface area contributed by atoms with E-state index in [1.54, 1.807) is 12.1 Å². The molecule has 0 heterocycles. The monoisotopic (exact) mass is 466 g/mol. The van der Waals surface area contributed by atoms with Crippen molar-refractivity contribution < 1.29 is 8.78 Å². The van der Waals surface area contributed by atoms with Gasteiger partial charge in [0.05, 0.1) is 0 Å². The van der Waals surface area contributed by atoms with E-state index in [2.05, 4.69) is 19.1 Å². The molecule has 0 aliphatic heterocycles. The van der Waals surface area contributed by atoms with Crippen molar-refractivity contribution in [3.63, 3.8) is 0 Å². The van der Waals surface area contributed by atoms with Gasteiger partial charge in [0.15, 0.2) is 11.6 Å². The van der Waals surface area contributed by atoms with Gasteiger partial charge in [0.25, 0.3) is 0 Å². The Kier molecular flexibility index (Phi) is 7.91. The van der Waals surface area contributed by atoms with Crippen LogP contribution in [0.1, 0.15) is 115 Å². The molecule has 3 fully saturated rings. The summed E-state index contributed by atoms with van der Waals surface area (Å²) in [7, 11) is 0. The third kappa shape index (κ3) is 5.36. The first-order valence-electron chi connectivity index (χ1n) is 14.5. The Labute approximate surface area is 205 Å². The lowest BCUT2D eigenvalue weighted by Crippen LogP contribution is -2.34. The zero-order valence-electron chi connectivity index (χ0n) is 21.2. The van der Waals surface area contributed by atoms with Crippen molar-refractivity contribution in [1.29, 1.82) is 0 Å². The van der Waals surface area contributed by atoms with Crippen LogP contribution in [-0.4, -0.2) is 0 Å². The summed E-state index contributed by atoms with van der Waals surface area (Å²) >= 11 is 0. The van der Waals surface area contributed by atoms with Gasteiger partial charge in [0.2, 0.25) is 0 Å². The normalized spacial score (nSPS) is 32.0. The molecule has 2 aromatic rings. The highest BCUT2D eigenvalue weighted by atomic mass is 19.2. The fourth-order valence-corrected chi connectivity index (χ4v) is 8.00. The van der Waals surface area contributed by atoms with E-state index in [-0.39, 0.29) is 0 Å². The molecule has 0 radical (unpaired) electrons. The minimum Gasteiger partial charge on any atom is -0.204 e. The van der Waals surface area contributed by atoms with E-state index in [0.717, 1.165) is 35.0 Å². The van der Waals surface area contributed by atoms with Gasteiger partial charge in [0.1, 0.15) is 0 Å². The quantitative estimate of drug-likeness (QED) is 0.356. The van der Waals surface area contributed by atoms with Crippen molar-refractivity contribution in [3.05, 3.63) is 47.5 Å². The van der Waals surface area contributed by atoms with Gasteiger partial charge in [-0.3, -0.25) is 0 Å². The first kappa shape index (κ1) is 24.3. The van der Waals surface area contributed by atoms with Gasteiger partial charge in [0, 0.05) is 5.39 Å². The van der Waals surface area contributed by atoms with Gasteiger partial charge in [-0.1, -0.05) is 76.1 Å². The van der Waals surface area contributed by atoms with Gasteiger partial charge >= 0.3 is 0 Å². The SMILES string of the molecule is CCCCCCC1CCC(C2CCC3CC(c4ccc5c(F)c(F)ccc5c4)CCC3C2)CC1. The average molecular weight is 467 g/mol. The van der Waals surface area contributed by atoms with Crippen LogP contribution in [0.4, 0.5) is 8.78 Å². The molecular weight excluding hydrogens is 422 g/mol. The minimum absolute atomic E-state index is 0.411. The van der Waals surface area contributed by atoms with Gasteiger partial charge in [-0.05, 0) is 104 Å². The molecule has 34 heavy (non-hydrogen) atoms. The summed E-state index contributed by atoms with van der Waals surface area (Å²) in [5.74, 6) is 3.91. The van der Waals surface area contributed by atoms with Gasteiger partial charge in [-0.15, -0.1) is 0 Å². The van der Waals surface area contributed by atoms with Crippen LogP contribution in [0.15, 0.2) is 30.3 Å². The second-order valence-corrected chi connectivity index (χ2v) is 12.1. The first-order valence-corrected chi connectivity index (χ1v) is 14.5. The van der Waals surface area contributed by atoms with E-state index in [4.69, 9.17) is 0 Å². The van der Waals surface area contributed by atoms with Crippen LogP contribution in [0.3, 0.4) is 0 Å². The average Bonchev–Trinajstić information content (AvgIpc) is 2.88. The predicted octanol–water partition coefficient (Wildman–Crippen LogP) is 10.2. The Morgan fingerprint density at radius 1 is 0.706 bits per heavy atom. The molecule has 0 N–H and O–H groups in total. The van der Waals surface area contributed by atoms with Crippen LogP contribution in [0.25, 0.3) is 10.8 Å². The van der Waals surface area contributed by atoms with E-state index >= 15 is 0 Å². The summed E-state index contributed by atoms with van der Waals surface area (Å²) in [5.41, 5.74) is 1.33. The van der Waals surface area contributed by atoms with Crippen LogP contribution in [0.5, 0.6) is 0 Å². The van der Waals surface area contributed by atoms with Crippen molar-refractivity contribution in [3.8, 4) is 0 Å². The lowest BCUT2D eigenvalue weighted by atomic mass is 9.60. The number of rotatable bonds is 7. The highest BCUT2D eigenvalue weighted by Crippen LogP contribution is 2.51. The van der Waals surface area contributed by atoms with Crippen molar-refractivity contribution in [1.82, 2.24) is 0 Å². The number of benzene rings is 2. The summed E-state index contributed by atoms with van der Waals surface area (Å²) < 4.78 is 27.7. The van der Waals surface area contributed by atoms with Crippen molar-refractivity contribution in [2.24, 2.45) is 29.6 Å². The maximum absolute atomic E-state index is 14.1. The molecule has 5 rings (SSSR count). The lowest BCUT2D eigenvalue weighted by molar-refractivity contribution is 0.0710. The number of unbranched alkanes of at least 4 members (excludes halogenated alkanes) is 3. The highest BCUT2D eigenvalue weighted by Gasteiger charge is 2.39. The maximum Gasteiger partial charge on any atom is 0.166 e. The molecule has 4 atom stereocenters. The number of halogens is 2. The van der Waals surface area contributed by atoms with Gasteiger partial charge in [-0.25, -0.2) is 8.78 Å². The number of hydrogen-bond acceptors (Lipinski definition) is 0. The summed E-state index contributed by atoms with van der Waals surface area (Å²) in [6, 6.07) is 8.97. The fraction of sp³-hybridized carbons (Fsp3) is 0.688. The van der Waals surface area contributed by atoms with Gasteiger partial charge in [-0.2, -0.15) is 0 Å². The van der Waals surface area contributed by atoms with E-state index in [0.29, 0.717) is 11.3 Å². The zero-order chi connectivity index (χ0) is 23.5. The smallest absolute Gasteiger partial charge is 0.166 e. The van der Waals surface area contributed by atoms with E-state index in [1.165, 1.54) is 108 Å². The second kappa shape index (κ2) is 11.1. The maximum atomic E-state index is 14.1. The largest absolute Gasteiger partial charge is 0.204 e. The third-order valence-corrected chi connectivity index (χ3v) is 10.1. The number of fused-ring (bicyclic) bond motifs is 2. The molecule has 186 valence electrons. The minimum atomic E-state index is -0.752. The summed E-state index contributed by atoms with van der Waals surface area (Å²) in [6.07, 6.45) is 21.4. The van der Waals surface area contributed by atoms with E-state index in [9.17, 15) is 8.78 Å². The Bertz CT molecular complexity index is 941. The zero-order valence-corrected chi connectivity index (χ0v) is 21.2.